The topological polar surface area (TPSA) is 49.3 Å². The van der Waals surface area contributed by atoms with Crippen molar-refractivity contribution in [3.63, 3.8) is 0 Å². The number of aldehydes is 1. The first kappa shape index (κ1) is 21.4. The van der Waals surface area contributed by atoms with Crippen LogP contribution in [-0.4, -0.2) is 31.1 Å². The zero-order valence-corrected chi connectivity index (χ0v) is 14.0. The number of hydrogen-bond donors (Lipinski definition) is 2. The van der Waals surface area contributed by atoms with Crippen LogP contribution in [0, 0.1) is 6.92 Å². The summed E-state index contributed by atoms with van der Waals surface area (Å²) < 4.78 is 0. The summed E-state index contributed by atoms with van der Waals surface area (Å²) in [4.78, 5) is 10.3. The fourth-order valence-corrected chi connectivity index (χ4v) is 1.71. The lowest BCUT2D eigenvalue weighted by molar-refractivity contribution is 0.112. The highest BCUT2D eigenvalue weighted by molar-refractivity contribution is 6.30. The van der Waals surface area contributed by atoms with Crippen LogP contribution in [0.3, 0.4) is 0 Å². The van der Waals surface area contributed by atoms with E-state index < -0.39 is 0 Å². The molecule has 1 unspecified atom stereocenters. The second-order valence-electron chi connectivity index (χ2n) is 4.02. The van der Waals surface area contributed by atoms with E-state index in [0.29, 0.717) is 23.2 Å². The third kappa shape index (κ3) is 9.96. The largest absolute Gasteiger partial charge is 0.396 e. The molecule has 1 atom stereocenters. The first-order valence-electron chi connectivity index (χ1n) is 7.08. The molecule has 1 aromatic rings. The first-order chi connectivity index (χ1) is 9.58. The monoisotopic (exact) mass is 301 g/mol. The molecule has 4 heteroatoms. The minimum absolute atomic E-state index is 0.291. The Kier molecular flexibility index (Phi) is 15.5. The molecule has 0 bridgehead atoms. The van der Waals surface area contributed by atoms with Gasteiger partial charge in [0, 0.05) is 23.2 Å². The Labute approximate surface area is 128 Å². The number of rotatable bonds is 5. The van der Waals surface area contributed by atoms with Crippen LogP contribution in [0.25, 0.3) is 0 Å². The second kappa shape index (κ2) is 14.5. The van der Waals surface area contributed by atoms with Crippen molar-refractivity contribution in [2.24, 2.45) is 0 Å². The molecule has 0 aromatic heterocycles. The molecule has 1 aromatic carbocycles. The Bertz CT molecular complexity index is 352. The molecular formula is C16H28ClNO2. The number of carbonyl (C=O) groups excluding carboxylic acids is 1. The standard InChI is InChI=1S/C8H7ClO.C6H15NO.C2H6/c1-6-4-8(9)3-2-7(6)5-10;1-3-6(7-2)4-5-8;1-2/h2-5H,1H3;6-8H,3-5H2,1-2H3;1-2H3. The van der Waals surface area contributed by atoms with E-state index in [2.05, 4.69) is 12.2 Å². The summed E-state index contributed by atoms with van der Waals surface area (Å²) in [6, 6.07) is 5.69. The van der Waals surface area contributed by atoms with Crippen LogP contribution in [0.2, 0.25) is 5.02 Å². The van der Waals surface area contributed by atoms with Crippen molar-refractivity contribution in [2.45, 2.75) is 46.6 Å². The van der Waals surface area contributed by atoms with Crippen molar-refractivity contribution >= 4 is 17.9 Å². The van der Waals surface area contributed by atoms with Gasteiger partial charge in [0.15, 0.2) is 0 Å². The van der Waals surface area contributed by atoms with Crippen molar-refractivity contribution < 1.29 is 9.90 Å². The van der Waals surface area contributed by atoms with Crippen molar-refractivity contribution in [3.05, 3.63) is 34.3 Å². The highest BCUT2D eigenvalue weighted by Crippen LogP contribution is 2.12. The fourth-order valence-electron chi connectivity index (χ4n) is 1.48. The van der Waals surface area contributed by atoms with Gasteiger partial charge in [0.2, 0.25) is 0 Å². The average molecular weight is 302 g/mol. The summed E-state index contributed by atoms with van der Waals surface area (Å²) in [6.45, 7) is 8.26. The van der Waals surface area contributed by atoms with E-state index in [1.165, 1.54) is 0 Å². The van der Waals surface area contributed by atoms with Crippen LogP contribution in [0.5, 0.6) is 0 Å². The van der Waals surface area contributed by atoms with Gasteiger partial charge in [0.1, 0.15) is 6.29 Å². The van der Waals surface area contributed by atoms with Gasteiger partial charge in [-0.3, -0.25) is 4.79 Å². The number of aliphatic hydroxyl groups is 1. The maximum atomic E-state index is 10.3. The van der Waals surface area contributed by atoms with Gasteiger partial charge < -0.3 is 10.4 Å². The predicted octanol–water partition coefficient (Wildman–Crippen LogP) is 3.85. The van der Waals surface area contributed by atoms with E-state index in [0.717, 1.165) is 24.7 Å². The smallest absolute Gasteiger partial charge is 0.150 e. The highest BCUT2D eigenvalue weighted by Gasteiger charge is 1.98. The Morgan fingerprint density at radius 3 is 2.30 bits per heavy atom. The minimum Gasteiger partial charge on any atom is -0.396 e. The molecule has 1 rings (SSSR count). The summed E-state index contributed by atoms with van der Waals surface area (Å²) in [7, 11) is 1.92. The minimum atomic E-state index is 0.291. The van der Waals surface area contributed by atoms with Crippen molar-refractivity contribution in [1.29, 1.82) is 0 Å². The normalized spacial score (nSPS) is 10.6. The van der Waals surface area contributed by atoms with Gasteiger partial charge in [-0.05, 0) is 50.6 Å². The number of carbonyl (C=O) groups is 1. The van der Waals surface area contributed by atoms with Gasteiger partial charge in [-0.2, -0.15) is 0 Å². The maximum absolute atomic E-state index is 10.3. The Balaban J connectivity index is 0. The maximum Gasteiger partial charge on any atom is 0.150 e. The van der Waals surface area contributed by atoms with Crippen molar-refractivity contribution in [1.82, 2.24) is 5.32 Å². The molecule has 0 radical (unpaired) electrons. The lowest BCUT2D eigenvalue weighted by Gasteiger charge is -2.10. The Morgan fingerprint density at radius 2 is 2.00 bits per heavy atom. The highest BCUT2D eigenvalue weighted by atomic mass is 35.5. The third-order valence-corrected chi connectivity index (χ3v) is 2.97. The van der Waals surface area contributed by atoms with Crippen LogP contribution in [-0.2, 0) is 0 Å². The first-order valence-corrected chi connectivity index (χ1v) is 7.46. The average Bonchev–Trinajstić information content (AvgIpc) is 2.47. The van der Waals surface area contributed by atoms with Gasteiger partial charge in [-0.1, -0.05) is 32.4 Å². The van der Waals surface area contributed by atoms with Gasteiger partial charge >= 0.3 is 0 Å². The number of aliphatic hydroxyl groups excluding tert-OH is 1. The van der Waals surface area contributed by atoms with Crippen molar-refractivity contribution in [3.8, 4) is 0 Å². The van der Waals surface area contributed by atoms with E-state index >= 15 is 0 Å². The predicted molar refractivity (Wildman–Crippen MR) is 87.8 cm³/mol. The zero-order valence-electron chi connectivity index (χ0n) is 13.2. The number of hydrogen-bond acceptors (Lipinski definition) is 3. The molecule has 0 aliphatic heterocycles. The SMILES string of the molecule is CC.CCC(CCO)NC.Cc1cc(Cl)ccc1C=O. The van der Waals surface area contributed by atoms with Crippen molar-refractivity contribution in [2.75, 3.05) is 13.7 Å². The molecule has 20 heavy (non-hydrogen) atoms. The summed E-state index contributed by atoms with van der Waals surface area (Å²) in [5.74, 6) is 0. The van der Waals surface area contributed by atoms with Crippen LogP contribution in [0.1, 0.15) is 49.5 Å². The molecule has 3 nitrogen and oxygen atoms in total. The molecule has 0 heterocycles. The summed E-state index contributed by atoms with van der Waals surface area (Å²) >= 11 is 5.66. The van der Waals surface area contributed by atoms with E-state index in [1.807, 2.05) is 27.8 Å². The second-order valence-corrected chi connectivity index (χ2v) is 4.46. The van der Waals surface area contributed by atoms with Gasteiger partial charge in [-0.15, -0.1) is 0 Å². The Morgan fingerprint density at radius 1 is 1.40 bits per heavy atom. The lowest BCUT2D eigenvalue weighted by atomic mass is 10.1. The summed E-state index contributed by atoms with van der Waals surface area (Å²) in [5, 5.41) is 12.2. The van der Waals surface area contributed by atoms with E-state index in [-0.39, 0.29) is 0 Å². The van der Waals surface area contributed by atoms with Crippen LogP contribution in [0.15, 0.2) is 18.2 Å². The number of aryl methyl sites for hydroxylation is 1. The Hall–Kier alpha value is -0.900. The molecule has 0 spiro atoms. The molecule has 0 amide bonds. The van der Waals surface area contributed by atoms with Gasteiger partial charge in [-0.25, -0.2) is 0 Å². The molecule has 0 aliphatic carbocycles. The quantitative estimate of drug-likeness (QED) is 0.812. The summed E-state index contributed by atoms with van der Waals surface area (Å²) in [6.07, 6.45) is 2.79. The number of halogens is 1. The zero-order chi connectivity index (χ0) is 16.0. The number of nitrogens with one attached hydrogen (secondary N) is 1. The van der Waals surface area contributed by atoms with E-state index in [1.54, 1.807) is 18.2 Å². The van der Waals surface area contributed by atoms with Crippen LogP contribution in [0.4, 0.5) is 0 Å². The van der Waals surface area contributed by atoms with E-state index in [9.17, 15) is 4.79 Å². The van der Waals surface area contributed by atoms with Crippen LogP contribution >= 0.6 is 11.6 Å². The molecule has 116 valence electrons. The summed E-state index contributed by atoms with van der Waals surface area (Å²) in [5.41, 5.74) is 1.62. The van der Waals surface area contributed by atoms with E-state index in [4.69, 9.17) is 16.7 Å². The van der Waals surface area contributed by atoms with Gasteiger partial charge in [0.05, 0.1) is 0 Å². The molecule has 0 saturated carbocycles. The lowest BCUT2D eigenvalue weighted by Crippen LogP contribution is -2.24. The molecule has 0 aliphatic rings. The molecule has 2 N–H and O–H groups in total. The molecular weight excluding hydrogens is 274 g/mol. The number of benzene rings is 1. The van der Waals surface area contributed by atoms with Gasteiger partial charge in [0.25, 0.3) is 0 Å². The fraction of sp³-hybridized carbons (Fsp3) is 0.562. The molecule has 0 saturated heterocycles. The molecule has 0 fully saturated rings. The van der Waals surface area contributed by atoms with Crippen LogP contribution < -0.4 is 5.32 Å². The third-order valence-electron chi connectivity index (χ3n) is 2.74.